The van der Waals surface area contributed by atoms with Gasteiger partial charge < -0.3 is 0 Å². The molecule has 0 saturated heterocycles. The molecule has 0 heterocycles. The Morgan fingerprint density at radius 3 is 1.73 bits per heavy atom. The molecule has 0 atom stereocenters. The predicted molar refractivity (Wildman–Crippen MR) is 63.7 cm³/mol. The lowest BCUT2D eigenvalue weighted by atomic mass is 9.62. The van der Waals surface area contributed by atoms with Crippen LogP contribution in [0.1, 0.15) is 5.56 Å². The molecule has 2 aromatic carbocycles. The van der Waals surface area contributed by atoms with Crippen molar-refractivity contribution in [1.29, 1.82) is 0 Å². The van der Waals surface area contributed by atoms with Gasteiger partial charge in [-0.15, -0.1) is 0 Å². The second-order valence-corrected chi connectivity index (χ2v) is 4.48. The van der Waals surface area contributed by atoms with Crippen molar-refractivity contribution in [3.05, 3.63) is 58.2 Å². The topological polar surface area (TPSA) is 0 Å². The van der Waals surface area contributed by atoms with Gasteiger partial charge in [0.2, 0.25) is 7.28 Å². The van der Waals surface area contributed by atoms with Crippen molar-refractivity contribution in [3.8, 4) is 0 Å². The number of halogens is 8. The van der Waals surface area contributed by atoms with Gasteiger partial charge in [-0.25, -0.2) is 35.1 Å². The van der Waals surface area contributed by atoms with Crippen LogP contribution in [0.25, 0.3) is 0 Å². The van der Waals surface area contributed by atoms with Gasteiger partial charge in [0.25, 0.3) is 0 Å². The average Bonchev–Trinajstić information content (AvgIpc) is 2.48. The molecule has 0 radical (unpaired) electrons. The smallest absolute Gasteiger partial charge is 0.207 e. The molecule has 2 rings (SSSR count). The molecular formula is C13H5BF8. The van der Waals surface area contributed by atoms with Crippen molar-refractivity contribution in [2.45, 2.75) is 6.92 Å². The monoisotopic (exact) mass is 324 g/mol. The highest BCUT2D eigenvalue weighted by molar-refractivity contribution is 6.67. The largest absolute Gasteiger partial charge is 0.208 e. The van der Waals surface area contributed by atoms with Crippen LogP contribution in [0.5, 0.6) is 0 Å². The van der Waals surface area contributed by atoms with E-state index in [0.29, 0.717) is 0 Å². The van der Waals surface area contributed by atoms with Crippen molar-refractivity contribution in [1.82, 2.24) is 0 Å². The van der Waals surface area contributed by atoms with E-state index in [0.717, 1.165) is 6.92 Å². The zero-order valence-electron chi connectivity index (χ0n) is 10.8. The number of hydrogen-bond donors (Lipinski definition) is 0. The minimum absolute atomic E-state index is 0.0176. The van der Waals surface area contributed by atoms with E-state index in [2.05, 4.69) is 0 Å². The Kier molecular flexibility index (Phi) is 4.17. The van der Waals surface area contributed by atoms with Crippen LogP contribution in [-0.2, 0) is 0 Å². The van der Waals surface area contributed by atoms with Gasteiger partial charge in [-0.1, -0.05) is 0 Å². The van der Waals surface area contributed by atoms with Gasteiger partial charge in [-0.05, 0) is 17.8 Å². The van der Waals surface area contributed by atoms with Crippen molar-refractivity contribution < 1.29 is 35.1 Å². The van der Waals surface area contributed by atoms with Crippen LogP contribution in [0.15, 0.2) is 6.07 Å². The fourth-order valence-corrected chi connectivity index (χ4v) is 1.91. The lowest BCUT2D eigenvalue weighted by Crippen LogP contribution is -2.38. The Hall–Kier alpha value is -2.06. The molecule has 0 aliphatic carbocycles. The zero-order valence-corrected chi connectivity index (χ0v) is 10.8. The van der Waals surface area contributed by atoms with Crippen LogP contribution < -0.4 is 10.9 Å². The van der Waals surface area contributed by atoms with Crippen molar-refractivity contribution in [2.75, 3.05) is 0 Å². The SMILES string of the molecule is Cc1c(F)c(F)c(F)c(Bc2c(F)cc(F)c(F)c2F)c1F. The summed E-state index contributed by atoms with van der Waals surface area (Å²) in [6, 6.07) is -0.0176. The first kappa shape index (κ1) is 16.3. The van der Waals surface area contributed by atoms with E-state index in [1.165, 1.54) is 0 Å². The lowest BCUT2D eigenvalue weighted by Gasteiger charge is -2.11. The van der Waals surface area contributed by atoms with Crippen LogP contribution >= 0.6 is 0 Å². The summed E-state index contributed by atoms with van der Waals surface area (Å²) >= 11 is 0. The maximum atomic E-state index is 13.8. The minimum Gasteiger partial charge on any atom is -0.207 e. The summed E-state index contributed by atoms with van der Waals surface area (Å²) in [6.07, 6.45) is 0. The molecule has 2 aromatic rings. The van der Waals surface area contributed by atoms with Crippen LogP contribution in [0, 0.1) is 53.5 Å². The molecule has 0 N–H and O–H groups in total. The number of rotatable bonds is 2. The Bertz CT molecular complexity index is 743. The second kappa shape index (κ2) is 5.62. The molecule has 0 unspecified atom stereocenters. The lowest BCUT2D eigenvalue weighted by molar-refractivity contribution is 0.434. The predicted octanol–water partition coefficient (Wildman–Crippen LogP) is 2.50. The van der Waals surface area contributed by atoms with E-state index in [1.54, 1.807) is 0 Å². The Labute approximate surface area is 119 Å². The highest BCUT2D eigenvalue weighted by Gasteiger charge is 2.27. The molecule has 0 bridgehead atoms. The summed E-state index contributed by atoms with van der Waals surface area (Å²) < 4.78 is 107. The molecule has 0 spiro atoms. The third kappa shape index (κ3) is 2.44. The fraction of sp³-hybridized carbons (Fsp3) is 0.0769. The van der Waals surface area contributed by atoms with Crippen LogP contribution in [0.2, 0.25) is 0 Å². The fourth-order valence-electron chi connectivity index (χ4n) is 1.91. The summed E-state index contributed by atoms with van der Waals surface area (Å²) in [4.78, 5) is 0. The number of benzene rings is 2. The normalized spacial score (nSPS) is 11.0. The summed E-state index contributed by atoms with van der Waals surface area (Å²) in [6.45, 7) is 0.786. The van der Waals surface area contributed by atoms with Crippen molar-refractivity contribution >= 4 is 18.2 Å². The van der Waals surface area contributed by atoms with Gasteiger partial charge in [-0.3, -0.25) is 0 Å². The van der Waals surface area contributed by atoms with Gasteiger partial charge in [0.15, 0.2) is 34.9 Å². The van der Waals surface area contributed by atoms with E-state index in [1.807, 2.05) is 0 Å². The van der Waals surface area contributed by atoms with Crippen molar-refractivity contribution in [2.24, 2.45) is 0 Å². The summed E-state index contributed by atoms with van der Waals surface area (Å²) in [7, 11) is -1.26. The minimum atomic E-state index is -2.04. The Morgan fingerprint density at radius 2 is 1.14 bits per heavy atom. The maximum absolute atomic E-state index is 13.8. The summed E-state index contributed by atoms with van der Waals surface area (Å²) in [5.74, 6) is -14.9. The van der Waals surface area contributed by atoms with Gasteiger partial charge in [0.05, 0.1) is 0 Å². The molecule has 0 saturated carbocycles. The van der Waals surface area contributed by atoms with E-state index < -0.39 is 70.3 Å². The van der Waals surface area contributed by atoms with Crippen LogP contribution in [-0.4, -0.2) is 7.28 Å². The van der Waals surface area contributed by atoms with E-state index >= 15 is 0 Å². The third-order valence-corrected chi connectivity index (χ3v) is 3.14. The van der Waals surface area contributed by atoms with E-state index in [9.17, 15) is 35.1 Å². The molecular weight excluding hydrogens is 319 g/mol. The quantitative estimate of drug-likeness (QED) is 0.345. The average molecular weight is 324 g/mol. The maximum Gasteiger partial charge on any atom is 0.208 e. The van der Waals surface area contributed by atoms with Crippen LogP contribution in [0.4, 0.5) is 35.1 Å². The standard InChI is InChI=1S/C13H5BF8/c1-3-8(17)7(12(21)13(22)9(3)18)14-6-4(15)2-5(16)10(19)11(6)20/h2,14H,1H3. The van der Waals surface area contributed by atoms with Gasteiger partial charge >= 0.3 is 0 Å². The third-order valence-electron chi connectivity index (χ3n) is 3.14. The van der Waals surface area contributed by atoms with Gasteiger partial charge in [0, 0.05) is 11.6 Å². The highest BCUT2D eigenvalue weighted by Crippen LogP contribution is 2.17. The first-order chi connectivity index (χ1) is 10.2. The second-order valence-electron chi connectivity index (χ2n) is 4.48. The summed E-state index contributed by atoms with van der Waals surface area (Å²) in [5, 5.41) is 0. The Balaban J connectivity index is 2.66. The van der Waals surface area contributed by atoms with Gasteiger partial charge in [-0.2, -0.15) is 0 Å². The molecule has 0 amide bonds. The van der Waals surface area contributed by atoms with Gasteiger partial charge in [0.1, 0.15) is 11.6 Å². The van der Waals surface area contributed by atoms with E-state index in [-0.39, 0.29) is 6.07 Å². The number of hydrogen-bond acceptors (Lipinski definition) is 0. The molecule has 116 valence electrons. The molecule has 0 aliphatic heterocycles. The van der Waals surface area contributed by atoms with Crippen LogP contribution in [0.3, 0.4) is 0 Å². The zero-order chi connectivity index (χ0) is 16.8. The molecule has 0 aliphatic rings. The summed E-state index contributed by atoms with van der Waals surface area (Å²) in [5.41, 5.74) is -3.31. The van der Waals surface area contributed by atoms with E-state index in [4.69, 9.17) is 0 Å². The molecule has 0 fully saturated rings. The molecule has 0 nitrogen and oxygen atoms in total. The highest BCUT2D eigenvalue weighted by atomic mass is 19.2. The molecule has 0 aromatic heterocycles. The molecule has 9 heteroatoms. The molecule has 22 heavy (non-hydrogen) atoms. The van der Waals surface area contributed by atoms with Crippen molar-refractivity contribution in [3.63, 3.8) is 0 Å². The first-order valence-electron chi connectivity index (χ1n) is 5.80. The first-order valence-corrected chi connectivity index (χ1v) is 5.80. The Morgan fingerprint density at radius 1 is 0.591 bits per heavy atom.